The zero-order valence-corrected chi connectivity index (χ0v) is 17.1. The second kappa shape index (κ2) is 10.9. The van der Waals surface area contributed by atoms with Gasteiger partial charge in [0.15, 0.2) is 5.96 Å². The van der Waals surface area contributed by atoms with Crippen LogP contribution in [0.25, 0.3) is 0 Å². The van der Waals surface area contributed by atoms with E-state index in [1.807, 2.05) is 6.07 Å². The van der Waals surface area contributed by atoms with Crippen molar-refractivity contribution >= 4 is 29.9 Å². The first-order chi connectivity index (χ1) is 11.1. The molecule has 136 valence electrons. The fourth-order valence-corrected chi connectivity index (χ4v) is 3.14. The van der Waals surface area contributed by atoms with Crippen LogP contribution in [0.15, 0.2) is 23.2 Å². The van der Waals surface area contributed by atoms with Gasteiger partial charge in [0, 0.05) is 32.3 Å². The van der Waals surface area contributed by atoms with Gasteiger partial charge in [-0.25, -0.2) is 4.39 Å². The van der Waals surface area contributed by atoms with Crippen molar-refractivity contribution in [3.8, 4) is 0 Å². The van der Waals surface area contributed by atoms with Crippen molar-refractivity contribution in [3.63, 3.8) is 0 Å². The maximum atomic E-state index is 13.6. The molecular weight excluding hydrogens is 420 g/mol. The van der Waals surface area contributed by atoms with Crippen LogP contribution in [-0.2, 0) is 17.9 Å². The number of guanidine groups is 1. The van der Waals surface area contributed by atoms with Crippen LogP contribution in [0, 0.1) is 11.7 Å². The van der Waals surface area contributed by atoms with Crippen molar-refractivity contribution in [2.75, 3.05) is 14.2 Å². The summed E-state index contributed by atoms with van der Waals surface area (Å²) in [5.41, 5.74) is 1.59. The van der Waals surface area contributed by atoms with Gasteiger partial charge >= 0.3 is 0 Å². The third kappa shape index (κ3) is 6.55. The Balaban J connectivity index is 0.00000288. The summed E-state index contributed by atoms with van der Waals surface area (Å²) in [6.07, 6.45) is 4.98. The predicted molar refractivity (Wildman–Crippen MR) is 107 cm³/mol. The van der Waals surface area contributed by atoms with Crippen molar-refractivity contribution < 1.29 is 9.13 Å². The number of halogens is 2. The molecule has 2 unspecified atom stereocenters. The number of hydrogen-bond donors (Lipinski definition) is 2. The first-order valence-electron chi connectivity index (χ1n) is 8.35. The number of nitrogens with one attached hydrogen (secondary N) is 2. The number of aliphatic imine (C=N–C) groups is 1. The summed E-state index contributed by atoms with van der Waals surface area (Å²) in [6, 6.07) is 5.60. The van der Waals surface area contributed by atoms with E-state index in [-0.39, 0.29) is 36.4 Å². The highest BCUT2D eigenvalue weighted by atomic mass is 127. The Morgan fingerprint density at radius 1 is 1.38 bits per heavy atom. The molecule has 0 heterocycles. The second-order valence-electron chi connectivity index (χ2n) is 6.40. The van der Waals surface area contributed by atoms with E-state index in [4.69, 9.17) is 4.74 Å². The number of benzene rings is 1. The van der Waals surface area contributed by atoms with Crippen molar-refractivity contribution in [1.82, 2.24) is 10.6 Å². The Morgan fingerprint density at radius 2 is 2.17 bits per heavy atom. The average molecular weight is 449 g/mol. The quantitative estimate of drug-likeness (QED) is 0.408. The van der Waals surface area contributed by atoms with Crippen LogP contribution in [0.3, 0.4) is 0 Å². The van der Waals surface area contributed by atoms with Crippen molar-refractivity contribution in [3.05, 3.63) is 35.1 Å². The summed E-state index contributed by atoms with van der Waals surface area (Å²) in [5.74, 6) is 1.35. The summed E-state index contributed by atoms with van der Waals surface area (Å²) in [4.78, 5) is 4.29. The summed E-state index contributed by atoms with van der Waals surface area (Å²) in [6.45, 7) is 3.20. The summed E-state index contributed by atoms with van der Waals surface area (Å²) >= 11 is 0. The van der Waals surface area contributed by atoms with Crippen LogP contribution in [0.5, 0.6) is 0 Å². The molecular formula is C18H29FIN3O. The minimum absolute atomic E-state index is 0. The maximum Gasteiger partial charge on any atom is 0.191 e. The molecule has 0 aromatic heterocycles. The van der Waals surface area contributed by atoms with Gasteiger partial charge in [-0.1, -0.05) is 25.8 Å². The predicted octanol–water partition coefficient (Wildman–Crippen LogP) is 3.83. The third-order valence-electron chi connectivity index (χ3n) is 4.37. The highest BCUT2D eigenvalue weighted by Gasteiger charge is 2.19. The Labute approximate surface area is 161 Å². The first-order valence-corrected chi connectivity index (χ1v) is 8.35. The van der Waals surface area contributed by atoms with E-state index in [0.29, 0.717) is 18.2 Å². The van der Waals surface area contributed by atoms with Gasteiger partial charge in [0.1, 0.15) is 5.82 Å². The van der Waals surface area contributed by atoms with Gasteiger partial charge in [0.05, 0.1) is 6.61 Å². The molecule has 0 amide bonds. The fraction of sp³-hybridized carbons (Fsp3) is 0.611. The van der Waals surface area contributed by atoms with E-state index in [1.54, 1.807) is 20.2 Å². The molecule has 2 atom stereocenters. The molecule has 0 spiro atoms. The number of ether oxygens (including phenoxy) is 1. The normalized spacial score (nSPS) is 21.1. The minimum atomic E-state index is -0.227. The zero-order valence-electron chi connectivity index (χ0n) is 14.8. The molecule has 4 nitrogen and oxygen atoms in total. The van der Waals surface area contributed by atoms with Gasteiger partial charge in [0.2, 0.25) is 0 Å². The minimum Gasteiger partial charge on any atom is -0.380 e. The molecule has 1 saturated carbocycles. The van der Waals surface area contributed by atoms with E-state index >= 15 is 0 Å². The molecule has 1 aliphatic carbocycles. The molecule has 1 fully saturated rings. The van der Waals surface area contributed by atoms with Crippen LogP contribution < -0.4 is 10.6 Å². The fourth-order valence-electron chi connectivity index (χ4n) is 3.14. The molecule has 24 heavy (non-hydrogen) atoms. The lowest BCUT2D eigenvalue weighted by Crippen LogP contribution is -2.44. The Morgan fingerprint density at radius 3 is 2.83 bits per heavy atom. The molecule has 2 rings (SSSR count). The number of nitrogens with zero attached hydrogens (tertiary/aromatic N) is 1. The lowest BCUT2D eigenvalue weighted by molar-refractivity contribution is 0.181. The van der Waals surface area contributed by atoms with E-state index in [0.717, 1.165) is 17.4 Å². The van der Waals surface area contributed by atoms with Gasteiger partial charge < -0.3 is 15.4 Å². The highest BCUT2D eigenvalue weighted by molar-refractivity contribution is 14.0. The molecule has 1 aromatic carbocycles. The maximum absolute atomic E-state index is 13.6. The highest BCUT2D eigenvalue weighted by Crippen LogP contribution is 2.23. The molecule has 0 saturated heterocycles. The van der Waals surface area contributed by atoms with E-state index in [1.165, 1.54) is 31.7 Å². The van der Waals surface area contributed by atoms with Crippen LogP contribution in [0.1, 0.15) is 43.7 Å². The van der Waals surface area contributed by atoms with Crippen LogP contribution in [0.2, 0.25) is 0 Å². The summed E-state index contributed by atoms with van der Waals surface area (Å²) < 4.78 is 18.7. The smallest absolute Gasteiger partial charge is 0.191 e. The van der Waals surface area contributed by atoms with Crippen LogP contribution in [-0.4, -0.2) is 26.2 Å². The molecule has 0 radical (unpaired) electrons. The van der Waals surface area contributed by atoms with Crippen LogP contribution in [0.4, 0.5) is 4.39 Å². The van der Waals surface area contributed by atoms with Crippen molar-refractivity contribution in [1.29, 1.82) is 0 Å². The van der Waals surface area contributed by atoms with Crippen molar-refractivity contribution in [2.45, 2.75) is 51.8 Å². The number of rotatable bonds is 5. The lowest BCUT2D eigenvalue weighted by atomic mass is 9.87. The molecule has 1 aromatic rings. The number of hydrogen-bond acceptors (Lipinski definition) is 2. The van der Waals surface area contributed by atoms with Gasteiger partial charge in [0.25, 0.3) is 0 Å². The monoisotopic (exact) mass is 449 g/mol. The first kappa shape index (κ1) is 21.2. The lowest BCUT2D eigenvalue weighted by Gasteiger charge is -2.28. The molecule has 1 aliphatic rings. The Hall–Kier alpha value is -0.890. The van der Waals surface area contributed by atoms with E-state index in [9.17, 15) is 4.39 Å². The van der Waals surface area contributed by atoms with E-state index < -0.39 is 0 Å². The topological polar surface area (TPSA) is 45.7 Å². The standard InChI is InChI=1S/C18H28FN3O.HI/c1-13-5-4-6-16(9-13)22-18(20-2)21-11-14-7-8-17(19)15(10-14)12-23-3;/h7-8,10,13,16H,4-6,9,11-12H2,1-3H3,(H2,20,21,22);1H. The second-order valence-corrected chi connectivity index (χ2v) is 6.40. The zero-order chi connectivity index (χ0) is 16.7. The SMILES string of the molecule is CN=C(NCc1ccc(F)c(COC)c1)NC1CCCC(C)C1.I. The largest absolute Gasteiger partial charge is 0.380 e. The molecule has 0 bridgehead atoms. The summed E-state index contributed by atoms with van der Waals surface area (Å²) in [5, 5.41) is 6.81. The third-order valence-corrected chi connectivity index (χ3v) is 4.37. The molecule has 2 N–H and O–H groups in total. The van der Waals surface area contributed by atoms with Crippen LogP contribution >= 0.6 is 24.0 Å². The van der Waals surface area contributed by atoms with Gasteiger partial charge in [-0.05, 0) is 36.5 Å². The molecule has 6 heteroatoms. The molecule has 0 aliphatic heterocycles. The van der Waals surface area contributed by atoms with Gasteiger partial charge in [-0.2, -0.15) is 0 Å². The Bertz CT molecular complexity index is 539. The van der Waals surface area contributed by atoms with Crippen molar-refractivity contribution in [2.24, 2.45) is 10.9 Å². The average Bonchev–Trinajstić information content (AvgIpc) is 2.54. The Kier molecular flexibility index (Phi) is 9.58. The van der Waals surface area contributed by atoms with Gasteiger partial charge in [-0.3, -0.25) is 4.99 Å². The van der Waals surface area contributed by atoms with Gasteiger partial charge in [-0.15, -0.1) is 24.0 Å². The number of methoxy groups -OCH3 is 1. The summed E-state index contributed by atoms with van der Waals surface area (Å²) in [7, 11) is 3.35. The van der Waals surface area contributed by atoms with E-state index in [2.05, 4.69) is 22.5 Å².